The number of rotatable bonds is 3. The van der Waals surface area contributed by atoms with E-state index in [4.69, 9.17) is 0 Å². The Morgan fingerprint density at radius 3 is 2.58 bits per heavy atom. The van der Waals surface area contributed by atoms with Gasteiger partial charge < -0.3 is 9.84 Å². The van der Waals surface area contributed by atoms with Crippen LogP contribution < -0.4 is 0 Å². The van der Waals surface area contributed by atoms with Crippen LogP contribution in [0.2, 0.25) is 0 Å². The molecular formula is C16H20O3. The Morgan fingerprint density at radius 2 is 2.05 bits per heavy atom. The van der Waals surface area contributed by atoms with E-state index in [1.54, 1.807) is 24.3 Å². The van der Waals surface area contributed by atoms with Crippen LogP contribution in [0.15, 0.2) is 36.4 Å². The van der Waals surface area contributed by atoms with Crippen LogP contribution in [0.3, 0.4) is 0 Å². The van der Waals surface area contributed by atoms with E-state index in [2.05, 4.69) is 16.9 Å². The molecule has 0 amide bonds. The van der Waals surface area contributed by atoms with Gasteiger partial charge in [0.25, 0.3) is 0 Å². The summed E-state index contributed by atoms with van der Waals surface area (Å²) in [6.07, 6.45) is 7.41. The van der Waals surface area contributed by atoms with Gasteiger partial charge in [-0.05, 0) is 43.9 Å². The van der Waals surface area contributed by atoms with Crippen LogP contribution >= 0.6 is 0 Å². The average Bonchev–Trinajstić information content (AvgIpc) is 2.47. The Labute approximate surface area is 113 Å². The van der Waals surface area contributed by atoms with Crippen LogP contribution in [0.1, 0.15) is 42.1 Å². The molecule has 2 rings (SSSR count). The van der Waals surface area contributed by atoms with Crippen molar-refractivity contribution < 1.29 is 14.6 Å². The monoisotopic (exact) mass is 260 g/mol. The highest BCUT2D eigenvalue weighted by molar-refractivity contribution is 5.89. The van der Waals surface area contributed by atoms with Crippen LogP contribution in [-0.4, -0.2) is 18.2 Å². The fourth-order valence-electron chi connectivity index (χ4n) is 2.56. The van der Waals surface area contributed by atoms with Crippen LogP contribution in [0.25, 0.3) is 0 Å². The molecule has 1 aliphatic rings. The summed E-state index contributed by atoms with van der Waals surface area (Å²) in [6, 6.07) is 6.99. The predicted octanol–water partition coefficient (Wildman–Crippen LogP) is 3.04. The number of carbonyl (C=O) groups excluding carboxylic acids is 1. The highest BCUT2D eigenvalue weighted by atomic mass is 16.5. The largest absolute Gasteiger partial charge is 0.465 e. The minimum atomic E-state index is -0.897. The van der Waals surface area contributed by atoms with E-state index in [0.717, 1.165) is 24.8 Å². The van der Waals surface area contributed by atoms with Gasteiger partial charge in [0.15, 0.2) is 0 Å². The summed E-state index contributed by atoms with van der Waals surface area (Å²) in [6.45, 7) is 1.83. The third-order valence-corrected chi connectivity index (χ3v) is 3.87. The lowest BCUT2D eigenvalue weighted by atomic mass is 9.77. The van der Waals surface area contributed by atoms with Crippen molar-refractivity contribution in [2.24, 2.45) is 5.92 Å². The summed E-state index contributed by atoms with van der Waals surface area (Å²) in [5.41, 5.74) is 0.434. The molecule has 19 heavy (non-hydrogen) atoms. The van der Waals surface area contributed by atoms with Crippen molar-refractivity contribution in [1.82, 2.24) is 0 Å². The van der Waals surface area contributed by atoms with E-state index in [9.17, 15) is 9.90 Å². The number of hydrogen-bond acceptors (Lipinski definition) is 3. The summed E-state index contributed by atoms with van der Waals surface area (Å²) in [5, 5.41) is 10.7. The van der Waals surface area contributed by atoms with Gasteiger partial charge in [-0.25, -0.2) is 4.79 Å². The Bertz CT molecular complexity index is 471. The number of allylic oxidation sites excluding steroid dienone is 1. The minimum absolute atomic E-state index is 0.130. The third kappa shape index (κ3) is 2.87. The smallest absolute Gasteiger partial charge is 0.337 e. The second-order valence-electron chi connectivity index (χ2n) is 5.18. The van der Waals surface area contributed by atoms with E-state index in [1.165, 1.54) is 7.11 Å². The third-order valence-electron chi connectivity index (χ3n) is 3.87. The van der Waals surface area contributed by atoms with Crippen molar-refractivity contribution >= 4 is 5.97 Å². The van der Waals surface area contributed by atoms with Crippen molar-refractivity contribution in [3.63, 3.8) is 0 Å². The first-order valence-electron chi connectivity index (χ1n) is 6.63. The van der Waals surface area contributed by atoms with Crippen LogP contribution in [-0.2, 0) is 10.3 Å². The lowest BCUT2D eigenvalue weighted by molar-refractivity contribution is 0.00794. The fourth-order valence-corrected chi connectivity index (χ4v) is 2.56. The molecule has 1 N–H and O–H groups in total. The SMILES string of the molecule is COC(=O)c1ccc([C@@](C)(O)[C@H]2C=CCCC2)cc1. The molecule has 0 aromatic heterocycles. The molecule has 1 aliphatic carbocycles. The normalized spacial score (nSPS) is 21.7. The highest BCUT2D eigenvalue weighted by Crippen LogP contribution is 2.35. The molecule has 2 atom stereocenters. The molecule has 0 bridgehead atoms. The van der Waals surface area contributed by atoms with Crippen LogP contribution in [0, 0.1) is 5.92 Å². The number of methoxy groups -OCH3 is 1. The maximum atomic E-state index is 11.4. The fraction of sp³-hybridized carbons (Fsp3) is 0.438. The van der Waals surface area contributed by atoms with E-state index >= 15 is 0 Å². The lowest BCUT2D eigenvalue weighted by Gasteiger charge is -2.33. The van der Waals surface area contributed by atoms with Gasteiger partial charge in [0, 0.05) is 5.92 Å². The van der Waals surface area contributed by atoms with Gasteiger partial charge in [-0.2, -0.15) is 0 Å². The molecule has 0 spiro atoms. The number of aliphatic hydroxyl groups is 1. The predicted molar refractivity (Wildman–Crippen MR) is 73.8 cm³/mol. The van der Waals surface area contributed by atoms with E-state index in [0.29, 0.717) is 5.56 Å². The Morgan fingerprint density at radius 1 is 1.37 bits per heavy atom. The number of carbonyl (C=O) groups is 1. The quantitative estimate of drug-likeness (QED) is 0.671. The molecule has 102 valence electrons. The molecule has 0 fully saturated rings. The van der Waals surface area contributed by atoms with Gasteiger partial charge >= 0.3 is 5.97 Å². The van der Waals surface area contributed by atoms with E-state index in [1.807, 2.05) is 6.92 Å². The molecule has 3 nitrogen and oxygen atoms in total. The molecule has 0 aliphatic heterocycles. The molecule has 0 heterocycles. The first-order chi connectivity index (χ1) is 9.05. The summed E-state index contributed by atoms with van der Waals surface area (Å²) in [5.74, 6) is -0.228. The maximum Gasteiger partial charge on any atom is 0.337 e. The van der Waals surface area contributed by atoms with Gasteiger partial charge in [0.2, 0.25) is 0 Å². The lowest BCUT2D eigenvalue weighted by Crippen LogP contribution is -2.31. The first-order valence-corrected chi connectivity index (χ1v) is 6.63. The second kappa shape index (κ2) is 5.57. The van der Waals surface area contributed by atoms with Crippen molar-refractivity contribution in [2.75, 3.05) is 7.11 Å². The zero-order valence-electron chi connectivity index (χ0n) is 11.4. The second-order valence-corrected chi connectivity index (χ2v) is 5.18. The van der Waals surface area contributed by atoms with Crippen molar-refractivity contribution in [3.05, 3.63) is 47.5 Å². The molecule has 3 heteroatoms. The number of ether oxygens (including phenoxy) is 1. The van der Waals surface area contributed by atoms with Crippen LogP contribution in [0.5, 0.6) is 0 Å². The molecule has 0 saturated heterocycles. The standard InChI is InChI=1S/C16H20O3/c1-16(18,13-6-4-3-5-7-13)14-10-8-12(9-11-14)15(17)19-2/h4,6,8-11,13,18H,3,5,7H2,1-2H3/t13-,16-/m0/s1. The van der Waals surface area contributed by atoms with Gasteiger partial charge in [-0.1, -0.05) is 24.3 Å². The molecular weight excluding hydrogens is 240 g/mol. The molecule has 0 unspecified atom stereocenters. The zero-order chi connectivity index (χ0) is 13.9. The summed E-state index contributed by atoms with van der Waals surface area (Å²) in [4.78, 5) is 11.4. The summed E-state index contributed by atoms with van der Waals surface area (Å²) < 4.78 is 4.67. The first kappa shape index (κ1) is 13.8. The van der Waals surface area contributed by atoms with Gasteiger partial charge in [0.1, 0.15) is 0 Å². The van der Waals surface area contributed by atoms with Gasteiger partial charge in [-0.3, -0.25) is 0 Å². The molecule has 0 radical (unpaired) electrons. The molecule has 1 aromatic carbocycles. The molecule has 0 saturated carbocycles. The van der Waals surface area contributed by atoms with E-state index in [-0.39, 0.29) is 11.9 Å². The molecule has 1 aromatic rings. The number of hydrogen-bond donors (Lipinski definition) is 1. The van der Waals surface area contributed by atoms with Gasteiger partial charge in [0.05, 0.1) is 18.3 Å². The van der Waals surface area contributed by atoms with Crippen molar-refractivity contribution in [1.29, 1.82) is 0 Å². The zero-order valence-corrected chi connectivity index (χ0v) is 11.4. The minimum Gasteiger partial charge on any atom is -0.465 e. The summed E-state index contributed by atoms with van der Waals surface area (Å²) in [7, 11) is 1.36. The van der Waals surface area contributed by atoms with E-state index < -0.39 is 5.60 Å². The number of esters is 1. The topological polar surface area (TPSA) is 46.5 Å². The average molecular weight is 260 g/mol. The van der Waals surface area contributed by atoms with Crippen molar-refractivity contribution in [3.8, 4) is 0 Å². The summed E-state index contributed by atoms with van der Waals surface area (Å²) >= 11 is 0. The Balaban J connectivity index is 2.22. The maximum absolute atomic E-state index is 11.4. The van der Waals surface area contributed by atoms with Crippen LogP contribution in [0.4, 0.5) is 0 Å². The Kier molecular flexibility index (Phi) is 4.05. The number of benzene rings is 1. The van der Waals surface area contributed by atoms with Crippen molar-refractivity contribution in [2.45, 2.75) is 31.8 Å². The van der Waals surface area contributed by atoms with Gasteiger partial charge in [-0.15, -0.1) is 0 Å². The highest BCUT2D eigenvalue weighted by Gasteiger charge is 2.32. The Hall–Kier alpha value is -1.61.